The zero-order chi connectivity index (χ0) is 12.0. The zero-order valence-corrected chi connectivity index (χ0v) is 9.64. The highest BCUT2D eigenvalue weighted by molar-refractivity contribution is 6.33. The fourth-order valence-electron chi connectivity index (χ4n) is 1.23. The predicted molar refractivity (Wildman–Crippen MR) is 63.3 cm³/mol. The molecule has 5 heteroatoms. The van der Waals surface area contributed by atoms with Crippen LogP contribution < -0.4 is 10.6 Å². The number of nitrogens with one attached hydrogen (secondary N) is 2. The predicted octanol–water partition coefficient (Wildman–Crippen LogP) is 1.70. The largest absolute Gasteiger partial charge is 0.375 e. The molecule has 0 saturated carbocycles. The van der Waals surface area contributed by atoms with E-state index in [0.29, 0.717) is 5.02 Å². The number of hydrogen-bond donors (Lipinski definition) is 2. The zero-order valence-electron chi connectivity index (χ0n) is 8.88. The second kappa shape index (κ2) is 5.99. The molecule has 0 heterocycles. The number of carbonyl (C=O) groups is 1. The van der Waals surface area contributed by atoms with Crippen molar-refractivity contribution in [3.8, 4) is 6.07 Å². The Kier molecular flexibility index (Phi) is 4.62. The smallest absolute Gasteiger partial charge is 0.240 e. The number of benzene rings is 1. The quantitative estimate of drug-likeness (QED) is 0.784. The Morgan fingerprint density at radius 2 is 2.31 bits per heavy atom. The summed E-state index contributed by atoms with van der Waals surface area (Å²) in [5, 5.41) is 14.2. The lowest BCUT2D eigenvalue weighted by molar-refractivity contribution is -0.119. The van der Waals surface area contributed by atoms with Gasteiger partial charge in [-0.1, -0.05) is 23.7 Å². The fourth-order valence-corrected chi connectivity index (χ4v) is 1.51. The third-order valence-electron chi connectivity index (χ3n) is 2.01. The van der Waals surface area contributed by atoms with E-state index in [1.54, 1.807) is 6.07 Å². The van der Waals surface area contributed by atoms with Gasteiger partial charge in [-0.2, -0.15) is 5.26 Å². The van der Waals surface area contributed by atoms with E-state index in [2.05, 4.69) is 10.6 Å². The summed E-state index contributed by atoms with van der Waals surface area (Å²) >= 11 is 5.97. The molecule has 0 atom stereocenters. The molecule has 1 aromatic carbocycles. The molecule has 0 unspecified atom stereocenters. The van der Waals surface area contributed by atoms with Crippen molar-refractivity contribution in [2.75, 3.05) is 18.4 Å². The molecule has 16 heavy (non-hydrogen) atoms. The molecule has 84 valence electrons. The molecule has 1 aromatic rings. The van der Waals surface area contributed by atoms with Crippen LogP contribution in [0.5, 0.6) is 0 Å². The Morgan fingerprint density at radius 1 is 1.56 bits per heavy atom. The third-order valence-corrected chi connectivity index (χ3v) is 2.33. The summed E-state index contributed by atoms with van der Waals surface area (Å²) in [6, 6.07) is 7.34. The Balaban J connectivity index is 2.55. The van der Waals surface area contributed by atoms with Crippen molar-refractivity contribution >= 4 is 23.2 Å². The molecule has 0 bridgehead atoms. The summed E-state index contributed by atoms with van der Waals surface area (Å²) in [5.74, 6) is -0.235. The minimum Gasteiger partial charge on any atom is -0.375 e. The van der Waals surface area contributed by atoms with E-state index in [1.165, 1.54) is 0 Å². The van der Waals surface area contributed by atoms with Crippen LogP contribution in [0, 0.1) is 18.3 Å². The molecule has 0 aromatic heterocycles. The number of halogens is 1. The van der Waals surface area contributed by atoms with Crippen LogP contribution in [0.2, 0.25) is 5.02 Å². The Bertz CT molecular complexity index is 405. The average molecular weight is 238 g/mol. The van der Waals surface area contributed by atoms with Gasteiger partial charge in [-0.25, -0.2) is 0 Å². The normalized spacial score (nSPS) is 9.31. The van der Waals surface area contributed by atoms with Crippen molar-refractivity contribution in [2.24, 2.45) is 0 Å². The lowest BCUT2D eigenvalue weighted by Crippen LogP contribution is -2.30. The van der Waals surface area contributed by atoms with Gasteiger partial charge in [-0.3, -0.25) is 4.79 Å². The number of hydrogen-bond acceptors (Lipinski definition) is 3. The molecule has 0 radical (unpaired) electrons. The van der Waals surface area contributed by atoms with Crippen LogP contribution >= 0.6 is 11.6 Å². The van der Waals surface area contributed by atoms with Crippen molar-refractivity contribution in [3.63, 3.8) is 0 Å². The van der Waals surface area contributed by atoms with Crippen LogP contribution in [0.25, 0.3) is 0 Å². The first kappa shape index (κ1) is 12.3. The summed E-state index contributed by atoms with van der Waals surface area (Å²) in [6.45, 7) is 2.02. The molecule has 1 amide bonds. The SMILES string of the molecule is Cc1cccc(Cl)c1NCC(=O)NCC#N. The van der Waals surface area contributed by atoms with Crippen LogP contribution in [-0.4, -0.2) is 19.0 Å². The number of nitrogens with zero attached hydrogens (tertiary/aromatic N) is 1. The van der Waals surface area contributed by atoms with E-state index < -0.39 is 0 Å². The Labute approximate surface area is 99.2 Å². The van der Waals surface area contributed by atoms with Gasteiger partial charge < -0.3 is 10.6 Å². The standard InChI is InChI=1S/C11H12ClN3O/c1-8-3-2-4-9(12)11(8)15-7-10(16)14-6-5-13/h2-4,15H,6-7H2,1H3,(H,14,16). The van der Waals surface area contributed by atoms with Gasteiger partial charge in [0, 0.05) is 0 Å². The first-order chi connectivity index (χ1) is 7.65. The van der Waals surface area contributed by atoms with Crippen molar-refractivity contribution in [1.82, 2.24) is 5.32 Å². The number of anilines is 1. The van der Waals surface area contributed by atoms with E-state index in [0.717, 1.165) is 11.3 Å². The maximum absolute atomic E-state index is 11.2. The number of amides is 1. The summed E-state index contributed by atoms with van der Waals surface area (Å²) in [6.07, 6.45) is 0. The number of carbonyl (C=O) groups excluding carboxylic acids is 1. The molecular formula is C11H12ClN3O. The van der Waals surface area contributed by atoms with Gasteiger partial charge in [0.25, 0.3) is 0 Å². The molecule has 2 N–H and O–H groups in total. The van der Waals surface area contributed by atoms with Gasteiger partial charge in [0.1, 0.15) is 6.54 Å². The molecule has 0 aliphatic carbocycles. The van der Waals surface area contributed by atoms with E-state index in [-0.39, 0.29) is 19.0 Å². The van der Waals surface area contributed by atoms with Crippen molar-refractivity contribution in [3.05, 3.63) is 28.8 Å². The third kappa shape index (κ3) is 3.44. The molecular weight excluding hydrogens is 226 g/mol. The van der Waals surface area contributed by atoms with Crippen molar-refractivity contribution in [2.45, 2.75) is 6.92 Å². The van der Waals surface area contributed by atoms with E-state index in [9.17, 15) is 4.79 Å². The number of rotatable bonds is 4. The number of nitriles is 1. The van der Waals surface area contributed by atoms with Crippen LogP contribution in [0.3, 0.4) is 0 Å². The molecule has 0 aliphatic heterocycles. The van der Waals surface area contributed by atoms with Crippen LogP contribution in [0.1, 0.15) is 5.56 Å². The highest BCUT2D eigenvalue weighted by atomic mass is 35.5. The second-order valence-corrected chi connectivity index (χ2v) is 3.63. The monoisotopic (exact) mass is 237 g/mol. The Hall–Kier alpha value is -1.73. The molecule has 1 rings (SSSR count). The minimum atomic E-state index is -0.235. The van der Waals surface area contributed by atoms with Crippen LogP contribution in [0.4, 0.5) is 5.69 Å². The maximum Gasteiger partial charge on any atom is 0.240 e. The summed E-state index contributed by atoms with van der Waals surface area (Å²) in [7, 11) is 0. The van der Waals surface area contributed by atoms with Crippen molar-refractivity contribution < 1.29 is 4.79 Å². The lowest BCUT2D eigenvalue weighted by Gasteiger charge is -2.10. The summed E-state index contributed by atoms with van der Waals surface area (Å²) in [4.78, 5) is 11.2. The average Bonchev–Trinajstić information content (AvgIpc) is 2.25. The van der Waals surface area contributed by atoms with Gasteiger partial charge in [-0.05, 0) is 18.6 Å². The first-order valence-electron chi connectivity index (χ1n) is 4.77. The second-order valence-electron chi connectivity index (χ2n) is 3.22. The minimum absolute atomic E-state index is 0.0159. The topological polar surface area (TPSA) is 64.9 Å². The van der Waals surface area contributed by atoms with Gasteiger partial charge in [0.15, 0.2) is 0 Å². The molecule has 0 aliphatic rings. The number of aryl methyl sites for hydroxylation is 1. The van der Waals surface area contributed by atoms with Gasteiger partial charge in [0.2, 0.25) is 5.91 Å². The maximum atomic E-state index is 11.2. The van der Waals surface area contributed by atoms with E-state index in [1.807, 2.05) is 25.1 Å². The lowest BCUT2D eigenvalue weighted by atomic mass is 10.2. The summed E-state index contributed by atoms with van der Waals surface area (Å²) in [5.41, 5.74) is 1.72. The van der Waals surface area contributed by atoms with Crippen molar-refractivity contribution in [1.29, 1.82) is 5.26 Å². The fraction of sp³-hybridized carbons (Fsp3) is 0.273. The first-order valence-corrected chi connectivity index (χ1v) is 5.15. The van der Waals surface area contributed by atoms with Gasteiger partial charge in [0.05, 0.1) is 23.3 Å². The van der Waals surface area contributed by atoms with E-state index >= 15 is 0 Å². The number of para-hydroxylation sites is 1. The Morgan fingerprint density at radius 3 is 2.94 bits per heavy atom. The molecule has 4 nitrogen and oxygen atoms in total. The summed E-state index contributed by atoms with van der Waals surface area (Å²) < 4.78 is 0. The van der Waals surface area contributed by atoms with Gasteiger partial charge in [-0.15, -0.1) is 0 Å². The van der Waals surface area contributed by atoms with Crippen LogP contribution in [-0.2, 0) is 4.79 Å². The van der Waals surface area contributed by atoms with Gasteiger partial charge >= 0.3 is 0 Å². The molecule has 0 saturated heterocycles. The van der Waals surface area contributed by atoms with Crippen LogP contribution in [0.15, 0.2) is 18.2 Å². The highest BCUT2D eigenvalue weighted by Crippen LogP contribution is 2.24. The van der Waals surface area contributed by atoms with E-state index in [4.69, 9.17) is 16.9 Å². The highest BCUT2D eigenvalue weighted by Gasteiger charge is 2.05. The molecule has 0 fully saturated rings. The molecule has 0 spiro atoms.